The van der Waals surface area contributed by atoms with Crippen molar-refractivity contribution in [1.82, 2.24) is 10.2 Å². The van der Waals surface area contributed by atoms with E-state index in [0.717, 1.165) is 29.7 Å². The van der Waals surface area contributed by atoms with E-state index in [4.69, 9.17) is 0 Å². The first kappa shape index (κ1) is 27.5. The van der Waals surface area contributed by atoms with E-state index in [2.05, 4.69) is 43.4 Å². The van der Waals surface area contributed by atoms with Gasteiger partial charge in [-0.2, -0.15) is 0 Å². The Labute approximate surface area is 220 Å². The quantitative estimate of drug-likeness (QED) is 0.288. The minimum atomic E-state index is -0.572. The lowest BCUT2D eigenvalue weighted by atomic mass is 10.0. The summed E-state index contributed by atoms with van der Waals surface area (Å²) >= 11 is 1.60. The fraction of sp³-hybridized carbons (Fsp3) is 0.355. The van der Waals surface area contributed by atoms with Crippen LogP contribution in [0.5, 0.6) is 0 Å². The molecule has 0 aliphatic carbocycles. The number of nitrogens with one attached hydrogen (secondary N) is 1. The first-order valence-electron chi connectivity index (χ1n) is 12.8. The molecule has 0 radical (unpaired) electrons. The van der Waals surface area contributed by atoms with E-state index >= 15 is 0 Å². The number of hydrogen-bond acceptors (Lipinski definition) is 3. The van der Waals surface area contributed by atoms with Crippen LogP contribution in [0.4, 0.5) is 0 Å². The molecule has 0 aliphatic heterocycles. The third kappa shape index (κ3) is 8.56. The Morgan fingerprint density at radius 2 is 1.58 bits per heavy atom. The van der Waals surface area contributed by atoms with Gasteiger partial charge in [0.2, 0.25) is 11.8 Å². The van der Waals surface area contributed by atoms with Crippen LogP contribution in [0.15, 0.2) is 78.9 Å². The average Bonchev–Trinajstić information content (AvgIpc) is 2.89. The molecule has 1 atom stereocenters. The number of hydrogen-bond donors (Lipinski definition) is 1. The molecule has 0 heterocycles. The van der Waals surface area contributed by atoms with Gasteiger partial charge in [-0.1, -0.05) is 97.8 Å². The average molecular weight is 503 g/mol. The minimum absolute atomic E-state index is 0.0132. The fourth-order valence-corrected chi connectivity index (χ4v) is 5.04. The van der Waals surface area contributed by atoms with Crippen LogP contribution >= 0.6 is 11.8 Å². The van der Waals surface area contributed by atoms with Gasteiger partial charge in [0.1, 0.15) is 6.04 Å². The Kier molecular flexibility index (Phi) is 11.1. The Morgan fingerprint density at radius 3 is 2.28 bits per heavy atom. The van der Waals surface area contributed by atoms with Gasteiger partial charge in [-0.3, -0.25) is 9.59 Å². The van der Waals surface area contributed by atoms with Crippen molar-refractivity contribution in [3.05, 3.63) is 107 Å². The largest absolute Gasteiger partial charge is 0.354 e. The van der Waals surface area contributed by atoms with Crippen molar-refractivity contribution in [2.45, 2.75) is 58.4 Å². The number of benzene rings is 3. The SMILES string of the molecule is CCCCNC(=O)C(Cc1ccccc1)N(Cc1ccc(C)cc1)C(=O)CSCc1ccccc1C. The van der Waals surface area contributed by atoms with E-state index in [-0.39, 0.29) is 11.8 Å². The molecule has 190 valence electrons. The van der Waals surface area contributed by atoms with E-state index in [0.29, 0.717) is 25.3 Å². The van der Waals surface area contributed by atoms with Crippen molar-refractivity contribution in [2.75, 3.05) is 12.3 Å². The molecule has 0 saturated carbocycles. The maximum atomic E-state index is 13.7. The van der Waals surface area contributed by atoms with Crippen LogP contribution in [0.25, 0.3) is 0 Å². The highest BCUT2D eigenvalue weighted by atomic mass is 32.2. The molecule has 3 aromatic carbocycles. The number of rotatable bonds is 13. The molecule has 3 rings (SSSR count). The summed E-state index contributed by atoms with van der Waals surface area (Å²) in [6.45, 7) is 7.27. The van der Waals surface area contributed by atoms with Gasteiger partial charge in [0.25, 0.3) is 0 Å². The van der Waals surface area contributed by atoms with Crippen molar-refractivity contribution in [3.63, 3.8) is 0 Å². The second-order valence-corrected chi connectivity index (χ2v) is 10.3. The standard InChI is InChI=1S/C31H38N2O2S/c1-4-5-19-32-31(35)29(20-26-12-7-6-8-13-26)33(21-27-17-15-24(2)16-18-27)30(34)23-36-22-28-14-10-9-11-25(28)3/h6-18,29H,4-5,19-23H2,1-3H3,(H,32,35). The van der Waals surface area contributed by atoms with Gasteiger partial charge in [-0.05, 0) is 42.5 Å². The summed E-state index contributed by atoms with van der Waals surface area (Å²) in [5, 5.41) is 3.08. The lowest BCUT2D eigenvalue weighted by molar-refractivity contribution is -0.139. The van der Waals surface area contributed by atoms with Gasteiger partial charge in [0.15, 0.2) is 0 Å². The molecule has 0 aromatic heterocycles. The molecule has 4 nitrogen and oxygen atoms in total. The number of nitrogens with zero attached hydrogens (tertiary/aromatic N) is 1. The Bertz CT molecular complexity index is 1100. The van der Waals surface area contributed by atoms with Gasteiger partial charge in [0.05, 0.1) is 5.75 Å². The lowest BCUT2D eigenvalue weighted by Crippen LogP contribution is -2.51. The second kappa shape index (κ2) is 14.5. The van der Waals surface area contributed by atoms with Crippen LogP contribution in [-0.2, 0) is 28.3 Å². The number of carbonyl (C=O) groups is 2. The maximum absolute atomic E-state index is 13.7. The molecule has 2 amide bonds. The lowest BCUT2D eigenvalue weighted by Gasteiger charge is -2.31. The van der Waals surface area contributed by atoms with E-state index in [1.54, 1.807) is 16.7 Å². The van der Waals surface area contributed by atoms with Crippen LogP contribution in [-0.4, -0.2) is 35.1 Å². The molecule has 0 spiro atoms. The smallest absolute Gasteiger partial charge is 0.243 e. The van der Waals surface area contributed by atoms with Crippen LogP contribution in [0.3, 0.4) is 0 Å². The molecule has 0 fully saturated rings. The summed E-state index contributed by atoms with van der Waals surface area (Å²) < 4.78 is 0. The number of amides is 2. The van der Waals surface area contributed by atoms with Gasteiger partial charge in [-0.25, -0.2) is 0 Å². The van der Waals surface area contributed by atoms with Crippen molar-refractivity contribution < 1.29 is 9.59 Å². The van der Waals surface area contributed by atoms with Crippen LogP contribution in [0, 0.1) is 13.8 Å². The molecule has 5 heteroatoms. The highest BCUT2D eigenvalue weighted by Gasteiger charge is 2.30. The number of carbonyl (C=O) groups excluding carboxylic acids is 2. The summed E-state index contributed by atoms with van der Waals surface area (Å²) in [6.07, 6.45) is 2.41. The molecular weight excluding hydrogens is 464 g/mol. The first-order valence-corrected chi connectivity index (χ1v) is 13.9. The van der Waals surface area contributed by atoms with E-state index in [1.165, 1.54) is 16.7 Å². The second-order valence-electron chi connectivity index (χ2n) is 9.28. The summed E-state index contributed by atoms with van der Waals surface area (Å²) in [4.78, 5) is 28.9. The highest BCUT2D eigenvalue weighted by molar-refractivity contribution is 7.99. The van der Waals surface area contributed by atoms with Gasteiger partial charge in [0, 0.05) is 25.3 Å². The molecule has 0 bridgehead atoms. The Morgan fingerprint density at radius 1 is 0.889 bits per heavy atom. The molecule has 0 saturated heterocycles. The van der Waals surface area contributed by atoms with Crippen LogP contribution < -0.4 is 5.32 Å². The van der Waals surface area contributed by atoms with Gasteiger partial charge < -0.3 is 10.2 Å². The third-order valence-corrected chi connectivity index (χ3v) is 7.28. The minimum Gasteiger partial charge on any atom is -0.354 e. The molecule has 0 aliphatic rings. The summed E-state index contributed by atoms with van der Waals surface area (Å²) in [5.41, 5.74) is 5.70. The van der Waals surface area contributed by atoms with E-state index < -0.39 is 6.04 Å². The predicted molar refractivity (Wildman–Crippen MR) is 151 cm³/mol. The molecule has 3 aromatic rings. The fourth-order valence-electron chi connectivity index (χ4n) is 4.05. The molecule has 1 N–H and O–H groups in total. The van der Waals surface area contributed by atoms with Crippen LogP contribution in [0.2, 0.25) is 0 Å². The zero-order valence-corrected chi connectivity index (χ0v) is 22.5. The number of aryl methyl sites for hydroxylation is 2. The first-order chi connectivity index (χ1) is 17.5. The number of thioether (sulfide) groups is 1. The summed E-state index contributed by atoms with van der Waals surface area (Å²) in [7, 11) is 0. The molecular formula is C31H38N2O2S. The highest BCUT2D eigenvalue weighted by Crippen LogP contribution is 2.20. The molecule has 36 heavy (non-hydrogen) atoms. The topological polar surface area (TPSA) is 49.4 Å². The maximum Gasteiger partial charge on any atom is 0.243 e. The van der Waals surface area contributed by atoms with E-state index in [1.807, 2.05) is 61.5 Å². The summed E-state index contributed by atoms with van der Waals surface area (Å²) in [6, 6.07) is 25.9. The monoisotopic (exact) mass is 502 g/mol. The molecule has 1 unspecified atom stereocenters. The van der Waals surface area contributed by atoms with Crippen molar-refractivity contribution >= 4 is 23.6 Å². The van der Waals surface area contributed by atoms with Crippen molar-refractivity contribution in [3.8, 4) is 0 Å². The third-order valence-electron chi connectivity index (χ3n) is 6.32. The summed E-state index contributed by atoms with van der Waals surface area (Å²) in [5.74, 6) is 0.994. The van der Waals surface area contributed by atoms with Crippen molar-refractivity contribution in [2.24, 2.45) is 0 Å². The van der Waals surface area contributed by atoms with E-state index in [9.17, 15) is 9.59 Å². The number of unbranched alkanes of at least 4 members (excludes halogenated alkanes) is 1. The zero-order chi connectivity index (χ0) is 25.8. The zero-order valence-electron chi connectivity index (χ0n) is 21.7. The van der Waals surface area contributed by atoms with Crippen LogP contribution in [0.1, 0.15) is 47.6 Å². The van der Waals surface area contributed by atoms with Crippen molar-refractivity contribution in [1.29, 1.82) is 0 Å². The van der Waals surface area contributed by atoms with Gasteiger partial charge >= 0.3 is 0 Å². The Hall–Kier alpha value is -3.05. The Balaban J connectivity index is 1.83. The normalized spacial score (nSPS) is 11.6. The predicted octanol–water partition coefficient (Wildman–Crippen LogP) is 6.09. The van der Waals surface area contributed by atoms with Gasteiger partial charge in [-0.15, -0.1) is 11.8 Å².